The molecule has 0 aliphatic carbocycles. The Balaban J connectivity index is 2.09. The molecule has 4 heteroatoms. The fourth-order valence-corrected chi connectivity index (χ4v) is 2.59. The number of carbonyl (C=O) groups excluding carboxylic acids is 1. The number of nitrogens with two attached hydrogens (primary N) is 1. The molecular formula is C20H33N3O. The second-order valence-corrected chi connectivity index (χ2v) is 6.43. The number of anilines is 1. The smallest absolute Gasteiger partial charge is 0.240 e. The highest BCUT2D eigenvalue weighted by Gasteiger charge is 2.02. The molecule has 1 aromatic rings. The topological polar surface area (TPSA) is 67.5 Å². The van der Waals surface area contributed by atoms with Crippen LogP contribution in [0.3, 0.4) is 0 Å². The molecule has 134 valence electrons. The van der Waals surface area contributed by atoms with Gasteiger partial charge in [0.05, 0.1) is 5.71 Å². The number of benzene rings is 1. The molecule has 0 atom stereocenters. The maximum absolute atomic E-state index is 11.8. The molecule has 0 bridgehead atoms. The van der Waals surface area contributed by atoms with E-state index in [-0.39, 0.29) is 5.91 Å². The fraction of sp³-hybridized carbons (Fsp3) is 0.600. The lowest BCUT2D eigenvalue weighted by molar-refractivity contribution is -0.121. The Labute approximate surface area is 146 Å². The van der Waals surface area contributed by atoms with E-state index >= 15 is 0 Å². The molecule has 1 aromatic carbocycles. The van der Waals surface area contributed by atoms with Crippen LogP contribution in [0.1, 0.15) is 83.6 Å². The van der Waals surface area contributed by atoms with Gasteiger partial charge in [0.15, 0.2) is 0 Å². The van der Waals surface area contributed by atoms with Crippen molar-refractivity contribution in [3.63, 3.8) is 0 Å². The van der Waals surface area contributed by atoms with Crippen LogP contribution in [0, 0.1) is 0 Å². The van der Waals surface area contributed by atoms with Crippen molar-refractivity contribution in [3.8, 4) is 0 Å². The third-order valence-electron chi connectivity index (χ3n) is 4.18. The van der Waals surface area contributed by atoms with Crippen LogP contribution in [0.25, 0.3) is 0 Å². The molecule has 0 heterocycles. The standard InChI is InChI=1S/C20H33N3O/c1-3-4-5-6-7-8-9-10-11-12-20(24)23-22-17(2)18-13-15-19(21)16-14-18/h13-16H,3-12,21H2,1-2H3,(H,23,24)/b22-17+. The molecule has 0 aliphatic rings. The number of hydrogen-bond acceptors (Lipinski definition) is 3. The number of unbranched alkanes of at least 4 members (excludes halogenated alkanes) is 8. The molecule has 0 aromatic heterocycles. The van der Waals surface area contributed by atoms with Gasteiger partial charge in [0, 0.05) is 12.1 Å². The van der Waals surface area contributed by atoms with Crippen LogP contribution in [0.2, 0.25) is 0 Å². The van der Waals surface area contributed by atoms with E-state index < -0.39 is 0 Å². The van der Waals surface area contributed by atoms with E-state index in [1.807, 2.05) is 31.2 Å². The number of rotatable bonds is 12. The van der Waals surface area contributed by atoms with Gasteiger partial charge in [-0.25, -0.2) is 5.43 Å². The van der Waals surface area contributed by atoms with Gasteiger partial charge in [-0.15, -0.1) is 0 Å². The number of hydrogen-bond donors (Lipinski definition) is 2. The highest BCUT2D eigenvalue weighted by atomic mass is 16.2. The highest BCUT2D eigenvalue weighted by molar-refractivity contribution is 5.99. The number of nitrogens with zero attached hydrogens (tertiary/aromatic N) is 1. The van der Waals surface area contributed by atoms with E-state index in [2.05, 4.69) is 17.5 Å². The summed E-state index contributed by atoms with van der Waals surface area (Å²) in [5.74, 6) is -0.00672. The average molecular weight is 332 g/mol. The van der Waals surface area contributed by atoms with Gasteiger partial charge in [0.25, 0.3) is 0 Å². The number of nitrogen functional groups attached to an aromatic ring is 1. The summed E-state index contributed by atoms with van der Waals surface area (Å²) in [7, 11) is 0. The highest BCUT2D eigenvalue weighted by Crippen LogP contribution is 2.10. The summed E-state index contributed by atoms with van der Waals surface area (Å²) in [6.07, 6.45) is 11.8. The van der Waals surface area contributed by atoms with E-state index in [1.54, 1.807) is 0 Å². The number of hydrazone groups is 1. The zero-order valence-corrected chi connectivity index (χ0v) is 15.3. The Hall–Kier alpha value is -1.84. The first-order valence-corrected chi connectivity index (χ1v) is 9.32. The maximum Gasteiger partial charge on any atom is 0.240 e. The lowest BCUT2D eigenvalue weighted by Crippen LogP contribution is -2.18. The normalized spacial score (nSPS) is 11.5. The van der Waals surface area contributed by atoms with Crippen LogP contribution in [0.15, 0.2) is 29.4 Å². The minimum absolute atomic E-state index is 0.00672. The van der Waals surface area contributed by atoms with Crippen molar-refractivity contribution in [1.82, 2.24) is 5.43 Å². The van der Waals surface area contributed by atoms with E-state index in [9.17, 15) is 4.79 Å². The van der Waals surface area contributed by atoms with Crippen molar-refractivity contribution >= 4 is 17.3 Å². The molecule has 0 fully saturated rings. The van der Waals surface area contributed by atoms with Crippen molar-refractivity contribution in [2.75, 3.05) is 5.73 Å². The van der Waals surface area contributed by atoms with E-state index in [0.717, 1.165) is 29.8 Å². The molecule has 1 rings (SSSR count). The molecule has 3 N–H and O–H groups in total. The number of carbonyl (C=O) groups is 1. The van der Waals surface area contributed by atoms with Crippen LogP contribution in [0.5, 0.6) is 0 Å². The quantitative estimate of drug-likeness (QED) is 0.244. The maximum atomic E-state index is 11.8. The molecule has 0 saturated heterocycles. The molecule has 0 radical (unpaired) electrons. The van der Waals surface area contributed by atoms with Crippen LogP contribution >= 0.6 is 0 Å². The number of amides is 1. The molecule has 24 heavy (non-hydrogen) atoms. The molecule has 0 unspecified atom stereocenters. The monoisotopic (exact) mass is 331 g/mol. The van der Waals surface area contributed by atoms with Crippen molar-refractivity contribution in [3.05, 3.63) is 29.8 Å². The predicted octanol–water partition coefficient (Wildman–Crippen LogP) is 5.03. The minimum atomic E-state index is -0.00672. The SMILES string of the molecule is CCCCCCCCCCCC(=O)N/N=C(\C)c1ccc(N)cc1. The fourth-order valence-electron chi connectivity index (χ4n) is 2.59. The van der Waals surface area contributed by atoms with E-state index in [0.29, 0.717) is 6.42 Å². The first-order chi connectivity index (χ1) is 11.6. The third-order valence-corrected chi connectivity index (χ3v) is 4.18. The Morgan fingerprint density at radius 3 is 2.08 bits per heavy atom. The predicted molar refractivity (Wildman–Crippen MR) is 103 cm³/mol. The molecule has 0 aliphatic heterocycles. The summed E-state index contributed by atoms with van der Waals surface area (Å²) in [6, 6.07) is 7.47. The Morgan fingerprint density at radius 2 is 1.50 bits per heavy atom. The van der Waals surface area contributed by atoms with E-state index in [1.165, 1.54) is 44.9 Å². The van der Waals surface area contributed by atoms with Crippen molar-refractivity contribution < 1.29 is 4.79 Å². The Kier molecular flexibility index (Phi) is 10.6. The van der Waals surface area contributed by atoms with Crippen LogP contribution in [0.4, 0.5) is 5.69 Å². The first-order valence-electron chi connectivity index (χ1n) is 9.32. The van der Waals surface area contributed by atoms with Gasteiger partial charge in [-0.05, 0) is 31.0 Å². The molecular weight excluding hydrogens is 298 g/mol. The Morgan fingerprint density at radius 1 is 0.958 bits per heavy atom. The Bertz CT molecular complexity index is 494. The van der Waals surface area contributed by atoms with Gasteiger partial charge in [-0.3, -0.25) is 4.79 Å². The zero-order valence-electron chi connectivity index (χ0n) is 15.3. The summed E-state index contributed by atoms with van der Waals surface area (Å²) in [6.45, 7) is 4.12. The average Bonchev–Trinajstić information content (AvgIpc) is 2.59. The van der Waals surface area contributed by atoms with Gasteiger partial charge in [-0.2, -0.15) is 5.10 Å². The van der Waals surface area contributed by atoms with Crippen LogP contribution < -0.4 is 11.2 Å². The summed E-state index contributed by atoms with van der Waals surface area (Å²) >= 11 is 0. The van der Waals surface area contributed by atoms with Gasteiger partial charge in [-0.1, -0.05) is 70.4 Å². The lowest BCUT2D eigenvalue weighted by atomic mass is 10.1. The zero-order chi connectivity index (χ0) is 17.6. The van der Waals surface area contributed by atoms with Crippen molar-refractivity contribution in [1.29, 1.82) is 0 Å². The summed E-state index contributed by atoms with van der Waals surface area (Å²) < 4.78 is 0. The van der Waals surface area contributed by atoms with Gasteiger partial charge < -0.3 is 5.73 Å². The first kappa shape index (κ1) is 20.2. The molecule has 1 amide bonds. The van der Waals surface area contributed by atoms with Crippen LogP contribution in [-0.4, -0.2) is 11.6 Å². The largest absolute Gasteiger partial charge is 0.399 e. The lowest BCUT2D eigenvalue weighted by Gasteiger charge is -2.04. The van der Waals surface area contributed by atoms with Crippen molar-refractivity contribution in [2.45, 2.75) is 78.1 Å². The van der Waals surface area contributed by atoms with Gasteiger partial charge >= 0.3 is 0 Å². The second-order valence-electron chi connectivity index (χ2n) is 6.43. The van der Waals surface area contributed by atoms with Crippen LogP contribution in [-0.2, 0) is 4.79 Å². The summed E-state index contributed by atoms with van der Waals surface area (Å²) in [4.78, 5) is 11.8. The van der Waals surface area contributed by atoms with Gasteiger partial charge in [0.2, 0.25) is 5.91 Å². The van der Waals surface area contributed by atoms with Gasteiger partial charge in [0.1, 0.15) is 0 Å². The second kappa shape index (κ2) is 12.6. The summed E-state index contributed by atoms with van der Waals surface area (Å²) in [5, 5.41) is 4.16. The third kappa shape index (κ3) is 9.33. The molecule has 0 saturated carbocycles. The minimum Gasteiger partial charge on any atom is -0.399 e. The summed E-state index contributed by atoms with van der Waals surface area (Å²) in [5.41, 5.74) is 10.8. The molecule has 0 spiro atoms. The molecule has 4 nitrogen and oxygen atoms in total. The van der Waals surface area contributed by atoms with Crippen molar-refractivity contribution in [2.24, 2.45) is 5.10 Å². The van der Waals surface area contributed by atoms with E-state index in [4.69, 9.17) is 5.73 Å². The number of nitrogens with one attached hydrogen (secondary N) is 1.